The minimum absolute atomic E-state index is 0.0527. The first-order valence-electron chi connectivity index (χ1n) is 12.2. The summed E-state index contributed by atoms with van der Waals surface area (Å²) >= 11 is 0. The molecule has 0 radical (unpaired) electrons. The fourth-order valence-electron chi connectivity index (χ4n) is 4.09. The number of rotatable bonds is 10. The van der Waals surface area contributed by atoms with Crippen LogP contribution in [0, 0.1) is 19.8 Å². The first-order chi connectivity index (χ1) is 17.2. The average molecular weight is 490 g/mol. The van der Waals surface area contributed by atoms with Crippen LogP contribution in [-0.4, -0.2) is 39.8 Å². The molecule has 1 unspecified atom stereocenters. The van der Waals surface area contributed by atoms with Crippen LogP contribution in [-0.2, 0) is 6.54 Å². The summed E-state index contributed by atoms with van der Waals surface area (Å²) in [7, 11) is 0. The summed E-state index contributed by atoms with van der Waals surface area (Å²) in [4.78, 5) is 48.6. The molecule has 8 nitrogen and oxygen atoms in total. The molecule has 1 aromatic heterocycles. The number of hydrogen-bond acceptors (Lipinski definition) is 5. The minimum atomic E-state index is -0.556. The summed E-state index contributed by atoms with van der Waals surface area (Å²) in [5.74, 6) is -0.434. The monoisotopic (exact) mass is 489 g/mol. The highest BCUT2D eigenvalue weighted by Crippen LogP contribution is 2.28. The van der Waals surface area contributed by atoms with Crippen LogP contribution in [0.2, 0.25) is 0 Å². The van der Waals surface area contributed by atoms with Crippen LogP contribution < -0.4 is 16.6 Å². The van der Waals surface area contributed by atoms with Gasteiger partial charge in [-0.15, -0.1) is 0 Å². The number of aromatic amines is 1. The van der Waals surface area contributed by atoms with Gasteiger partial charge in [0.05, 0.1) is 6.04 Å². The molecule has 2 amide bonds. The largest absolute Gasteiger partial charge is 0.347 e. The van der Waals surface area contributed by atoms with Crippen molar-refractivity contribution in [1.29, 1.82) is 0 Å². The van der Waals surface area contributed by atoms with Crippen molar-refractivity contribution in [3.05, 3.63) is 98.7 Å². The number of H-pyrrole nitrogens is 1. The minimum Gasteiger partial charge on any atom is -0.347 e. The van der Waals surface area contributed by atoms with Crippen LogP contribution in [0.25, 0.3) is 0 Å². The van der Waals surface area contributed by atoms with Gasteiger partial charge in [0.2, 0.25) is 0 Å². The molecule has 0 spiro atoms. The molecular weight excluding hydrogens is 454 g/mol. The van der Waals surface area contributed by atoms with E-state index in [9.17, 15) is 14.4 Å². The van der Waals surface area contributed by atoms with Crippen LogP contribution >= 0.6 is 0 Å². The normalized spacial score (nSPS) is 11.8. The predicted molar refractivity (Wildman–Crippen MR) is 141 cm³/mol. The Morgan fingerprint density at radius 3 is 2.33 bits per heavy atom. The molecule has 1 atom stereocenters. The molecule has 36 heavy (non-hydrogen) atoms. The van der Waals surface area contributed by atoms with Gasteiger partial charge in [-0.25, -0.2) is 4.98 Å². The molecule has 0 bridgehead atoms. The quantitative estimate of drug-likeness (QED) is 0.402. The molecule has 3 aromatic rings. The summed E-state index contributed by atoms with van der Waals surface area (Å²) in [6.07, 6.45) is 0.585. The van der Waals surface area contributed by atoms with Crippen LogP contribution in [0.15, 0.2) is 59.4 Å². The molecule has 3 rings (SSSR count). The lowest BCUT2D eigenvalue weighted by atomic mass is 9.99. The molecule has 0 aliphatic rings. The Morgan fingerprint density at radius 1 is 1.06 bits per heavy atom. The van der Waals surface area contributed by atoms with Crippen molar-refractivity contribution < 1.29 is 9.59 Å². The van der Waals surface area contributed by atoms with Gasteiger partial charge >= 0.3 is 0 Å². The van der Waals surface area contributed by atoms with Crippen LogP contribution in [0.3, 0.4) is 0 Å². The van der Waals surface area contributed by atoms with E-state index in [-0.39, 0.29) is 28.9 Å². The zero-order valence-corrected chi connectivity index (χ0v) is 21.4. The second kappa shape index (κ2) is 12.3. The smallest absolute Gasteiger partial charge is 0.270 e. The van der Waals surface area contributed by atoms with Crippen molar-refractivity contribution in [3.63, 3.8) is 0 Å². The van der Waals surface area contributed by atoms with E-state index in [1.165, 1.54) is 0 Å². The fourth-order valence-corrected chi connectivity index (χ4v) is 4.09. The van der Waals surface area contributed by atoms with E-state index >= 15 is 0 Å². The number of nitrogens with two attached hydrogens (primary N) is 1. The zero-order valence-electron chi connectivity index (χ0n) is 21.4. The van der Waals surface area contributed by atoms with Gasteiger partial charge in [-0.3, -0.25) is 14.4 Å². The summed E-state index contributed by atoms with van der Waals surface area (Å²) in [5, 5.41) is 2.84. The Balaban J connectivity index is 1.98. The first-order valence-corrected chi connectivity index (χ1v) is 12.2. The third-order valence-electron chi connectivity index (χ3n) is 6.09. The molecule has 4 N–H and O–H groups in total. The maximum absolute atomic E-state index is 13.6. The molecule has 0 saturated carbocycles. The molecule has 190 valence electrons. The van der Waals surface area contributed by atoms with E-state index in [0.717, 1.165) is 11.1 Å². The number of hydrogen-bond donors (Lipinski definition) is 3. The number of aryl methyl sites for hydroxylation is 1. The molecular formula is C28H35N5O3. The number of nitrogens with one attached hydrogen (secondary N) is 2. The number of benzene rings is 2. The average Bonchev–Trinajstić information content (AvgIpc) is 2.87. The van der Waals surface area contributed by atoms with E-state index in [4.69, 9.17) is 5.73 Å². The van der Waals surface area contributed by atoms with Crippen LogP contribution in [0.5, 0.6) is 0 Å². The second-order valence-electron chi connectivity index (χ2n) is 9.29. The molecule has 1 heterocycles. The van der Waals surface area contributed by atoms with Crippen LogP contribution in [0.1, 0.15) is 69.7 Å². The Hall–Kier alpha value is -3.78. The van der Waals surface area contributed by atoms with Gasteiger partial charge in [-0.2, -0.15) is 0 Å². The number of carbonyl (C=O) groups is 2. The van der Waals surface area contributed by atoms with E-state index in [1.807, 2.05) is 63.2 Å². The Kier molecular flexibility index (Phi) is 9.13. The maximum Gasteiger partial charge on any atom is 0.270 e. The van der Waals surface area contributed by atoms with E-state index in [0.29, 0.717) is 31.6 Å². The summed E-state index contributed by atoms with van der Waals surface area (Å²) in [6.45, 7) is 8.55. The van der Waals surface area contributed by atoms with Crippen molar-refractivity contribution in [2.24, 2.45) is 11.7 Å². The fraction of sp³-hybridized carbons (Fsp3) is 0.357. The van der Waals surface area contributed by atoms with Gasteiger partial charge in [0.1, 0.15) is 11.5 Å². The third-order valence-corrected chi connectivity index (χ3v) is 6.09. The lowest BCUT2D eigenvalue weighted by Gasteiger charge is -2.34. The lowest BCUT2D eigenvalue weighted by Crippen LogP contribution is -2.41. The first kappa shape index (κ1) is 26.8. The van der Waals surface area contributed by atoms with Gasteiger partial charge < -0.3 is 20.9 Å². The summed E-state index contributed by atoms with van der Waals surface area (Å²) in [5.41, 5.74) is 8.18. The van der Waals surface area contributed by atoms with Gasteiger partial charge in [0.25, 0.3) is 17.4 Å². The molecule has 8 heteroatoms. The lowest BCUT2D eigenvalue weighted by molar-refractivity contribution is 0.0608. The van der Waals surface area contributed by atoms with Crippen molar-refractivity contribution in [2.45, 2.75) is 46.7 Å². The number of carbonyl (C=O) groups excluding carboxylic acids is 2. The van der Waals surface area contributed by atoms with Crippen molar-refractivity contribution in [2.75, 3.05) is 13.1 Å². The highest BCUT2D eigenvalue weighted by atomic mass is 16.2. The Morgan fingerprint density at radius 2 is 1.72 bits per heavy atom. The predicted octanol–water partition coefficient (Wildman–Crippen LogP) is 3.51. The van der Waals surface area contributed by atoms with Gasteiger partial charge in [0, 0.05) is 24.2 Å². The molecule has 0 saturated heterocycles. The highest BCUT2D eigenvalue weighted by Gasteiger charge is 2.31. The van der Waals surface area contributed by atoms with Gasteiger partial charge in [-0.1, -0.05) is 61.9 Å². The maximum atomic E-state index is 13.6. The third kappa shape index (κ3) is 6.46. The van der Waals surface area contributed by atoms with E-state index < -0.39 is 17.5 Å². The zero-order chi connectivity index (χ0) is 26.2. The molecule has 0 aliphatic heterocycles. The van der Waals surface area contributed by atoms with Gasteiger partial charge in [-0.05, 0) is 50.4 Å². The van der Waals surface area contributed by atoms with E-state index in [1.54, 1.807) is 24.0 Å². The topological polar surface area (TPSA) is 121 Å². The molecule has 0 aliphatic carbocycles. The second-order valence-corrected chi connectivity index (χ2v) is 9.29. The SMILES string of the molecule is Cc1ccc(C(=O)N(CCCN)C(c2nc(C(=O)NCc3ccccc3)c(C)c(=O)[nH]2)C(C)C)cc1. The molecule has 2 aromatic carbocycles. The van der Waals surface area contributed by atoms with E-state index in [2.05, 4.69) is 15.3 Å². The van der Waals surface area contributed by atoms with Crippen LogP contribution in [0.4, 0.5) is 0 Å². The van der Waals surface area contributed by atoms with Crippen molar-refractivity contribution in [1.82, 2.24) is 20.2 Å². The van der Waals surface area contributed by atoms with Crippen molar-refractivity contribution in [3.8, 4) is 0 Å². The Labute approximate surface area is 211 Å². The molecule has 0 fully saturated rings. The van der Waals surface area contributed by atoms with Crippen molar-refractivity contribution >= 4 is 11.8 Å². The summed E-state index contributed by atoms with van der Waals surface area (Å²) < 4.78 is 0. The number of amides is 2. The summed E-state index contributed by atoms with van der Waals surface area (Å²) in [6, 6.07) is 16.3. The number of nitrogens with zero attached hydrogens (tertiary/aromatic N) is 2. The van der Waals surface area contributed by atoms with Gasteiger partial charge in [0.15, 0.2) is 0 Å². The number of aromatic nitrogens is 2. The highest BCUT2D eigenvalue weighted by molar-refractivity contribution is 5.95. The Bertz CT molecular complexity index is 1240. The standard InChI is InChI=1S/C28H35N5O3/c1-18(2)24(33(16-8-15-29)28(36)22-13-11-19(3)12-14-22)25-31-23(20(4)26(34)32-25)27(35)30-17-21-9-6-5-7-10-21/h5-7,9-14,18,24H,8,15-17,29H2,1-4H3,(H,30,35)(H,31,32,34).